The molecule has 112 valence electrons. The summed E-state index contributed by atoms with van der Waals surface area (Å²) in [5.74, 6) is -0.181. The van der Waals surface area contributed by atoms with E-state index in [4.69, 9.17) is 4.74 Å². The molecule has 0 saturated heterocycles. The van der Waals surface area contributed by atoms with Crippen LogP contribution >= 0.6 is 27.3 Å². The quantitative estimate of drug-likeness (QED) is 0.725. The number of thiazole rings is 1. The van der Waals surface area contributed by atoms with E-state index >= 15 is 0 Å². The molecule has 4 nitrogen and oxygen atoms in total. The van der Waals surface area contributed by atoms with Crippen LogP contribution in [-0.4, -0.2) is 17.5 Å². The summed E-state index contributed by atoms with van der Waals surface area (Å²) in [5, 5.41) is 3.66. The highest BCUT2D eigenvalue weighted by atomic mass is 79.9. The van der Waals surface area contributed by atoms with Gasteiger partial charge in [-0.25, -0.2) is 4.98 Å². The van der Waals surface area contributed by atoms with Crippen LogP contribution in [0.25, 0.3) is 10.2 Å². The van der Waals surface area contributed by atoms with E-state index in [1.807, 2.05) is 48.5 Å². The van der Waals surface area contributed by atoms with Gasteiger partial charge in [-0.3, -0.25) is 4.79 Å². The van der Waals surface area contributed by atoms with Crippen LogP contribution in [0, 0.1) is 0 Å². The molecular weight excluding hydrogens is 364 g/mol. The number of hydrogen-bond acceptors (Lipinski definition) is 4. The van der Waals surface area contributed by atoms with Crippen LogP contribution in [-0.2, 0) is 16.1 Å². The average molecular weight is 377 g/mol. The number of para-hydroxylation sites is 1. The second-order valence-corrected chi connectivity index (χ2v) is 6.66. The second kappa shape index (κ2) is 7.00. The largest absolute Gasteiger partial charge is 0.364 e. The molecule has 1 heterocycles. The molecule has 0 aliphatic rings. The number of anilines is 1. The number of rotatable bonds is 5. The number of nitrogens with zero attached hydrogens (tertiary/aromatic N) is 1. The van der Waals surface area contributed by atoms with Gasteiger partial charge in [0.15, 0.2) is 0 Å². The molecule has 0 saturated carbocycles. The Bertz CT molecular complexity index is 770. The van der Waals surface area contributed by atoms with E-state index < -0.39 is 0 Å². The van der Waals surface area contributed by atoms with E-state index in [0.717, 1.165) is 25.4 Å². The summed E-state index contributed by atoms with van der Waals surface area (Å²) in [6.07, 6.45) is 0. The van der Waals surface area contributed by atoms with Gasteiger partial charge < -0.3 is 10.1 Å². The van der Waals surface area contributed by atoms with Crippen molar-refractivity contribution in [3.8, 4) is 0 Å². The van der Waals surface area contributed by atoms with Gasteiger partial charge in [0.2, 0.25) is 5.91 Å². The van der Waals surface area contributed by atoms with Crippen molar-refractivity contribution in [2.75, 3.05) is 11.9 Å². The molecule has 1 aromatic heterocycles. The molecule has 0 spiro atoms. The Morgan fingerprint density at radius 2 is 2.09 bits per heavy atom. The third-order valence-corrected chi connectivity index (χ3v) is 4.41. The molecule has 0 aliphatic heterocycles. The molecule has 22 heavy (non-hydrogen) atoms. The van der Waals surface area contributed by atoms with Crippen molar-refractivity contribution in [1.82, 2.24) is 4.98 Å². The van der Waals surface area contributed by atoms with Crippen molar-refractivity contribution in [1.29, 1.82) is 0 Å². The maximum absolute atomic E-state index is 11.8. The molecule has 0 atom stereocenters. The van der Waals surface area contributed by atoms with E-state index in [9.17, 15) is 4.79 Å². The van der Waals surface area contributed by atoms with Gasteiger partial charge in [0.05, 0.1) is 16.8 Å². The molecule has 3 aromatic rings. The number of carbonyl (C=O) groups is 1. The number of benzene rings is 2. The zero-order valence-corrected chi connectivity index (χ0v) is 14.0. The number of fused-ring (bicyclic) bond motifs is 1. The third-order valence-electron chi connectivity index (χ3n) is 2.91. The molecule has 0 unspecified atom stereocenters. The number of hydrogen-bond donors (Lipinski definition) is 1. The van der Waals surface area contributed by atoms with Crippen molar-refractivity contribution >= 4 is 49.1 Å². The van der Waals surface area contributed by atoms with Gasteiger partial charge in [0.25, 0.3) is 0 Å². The Kier molecular flexibility index (Phi) is 4.82. The fourth-order valence-corrected chi connectivity index (χ4v) is 3.28. The molecule has 0 aliphatic carbocycles. The molecular formula is C16H13BrN2O2S. The monoisotopic (exact) mass is 376 g/mol. The van der Waals surface area contributed by atoms with Gasteiger partial charge in [0, 0.05) is 10.2 Å². The van der Waals surface area contributed by atoms with Crippen molar-refractivity contribution in [2.45, 2.75) is 6.61 Å². The zero-order valence-electron chi connectivity index (χ0n) is 11.6. The van der Waals surface area contributed by atoms with Crippen molar-refractivity contribution in [2.24, 2.45) is 0 Å². The Hall–Kier alpha value is -1.76. The Morgan fingerprint density at radius 3 is 2.91 bits per heavy atom. The third kappa shape index (κ3) is 3.91. The Morgan fingerprint density at radius 1 is 1.23 bits per heavy atom. The van der Waals surface area contributed by atoms with Crippen LogP contribution in [0.1, 0.15) is 5.01 Å². The fourth-order valence-electron chi connectivity index (χ4n) is 1.98. The van der Waals surface area contributed by atoms with Crippen molar-refractivity contribution in [3.63, 3.8) is 0 Å². The molecule has 0 fully saturated rings. The van der Waals surface area contributed by atoms with E-state index in [1.165, 1.54) is 0 Å². The standard InChI is InChI=1S/C16H13BrN2O2S/c17-11-4-3-5-12(8-11)18-15(20)9-21-10-16-19-13-6-1-2-7-14(13)22-16/h1-8H,9-10H2,(H,18,20). The highest BCUT2D eigenvalue weighted by Gasteiger charge is 2.06. The van der Waals surface area contributed by atoms with Crippen LogP contribution in [0.5, 0.6) is 0 Å². The van der Waals surface area contributed by atoms with E-state index in [0.29, 0.717) is 6.61 Å². The number of nitrogens with one attached hydrogen (secondary N) is 1. The van der Waals surface area contributed by atoms with Crippen LogP contribution < -0.4 is 5.32 Å². The summed E-state index contributed by atoms with van der Waals surface area (Å²) in [6, 6.07) is 15.4. The van der Waals surface area contributed by atoms with Crippen LogP contribution in [0.2, 0.25) is 0 Å². The van der Waals surface area contributed by atoms with Crippen LogP contribution in [0.15, 0.2) is 53.0 Å². The smallest absolute Gasteiger partial charge is 0.250 e. The van der Waals surface area contributed by atoms with Crippen molar-refractivity contribution in [3.05, 3.63) is 58.0 Å². The summed E-state index contributed by atoms with van der Waals surface area (Å²) >= 11 is 4.94. The van der Waals surface area contributed by atoms with Crippen LogP contribution in [0.3, 0.4) is 0 Å². The summed E-state index contributed by atoms with van der Waals surface area (Å²) in [7, 11) is 0. The number of amides is 1. The van der Waals surface area contributed by atoms with E-state index in [2.05, 4.69) is 26.2 Å². The van der Waals surface area contributed by atoms with E-state index in [1.54, 1.807) is 11.3 Å². The molecule has 6 heteroatoms. The first kappa shape index (κ1) is 15.1. The Balaban J connectivity index is 1.51. The molecule has 3 rings (SSSR count). The summed E-state index contributed by atoms with van der Waals surface area (Å²) in [4.78, 5) is 16.3. The predicted molar refractivity (Wildman–Crippen MR) is 92.0 cm³/mol. The number of ether oxygens (including phenoxy) is 1. The Labute approximate surface area is 140 Å². The molecule has 0 radical (unpaired) electrons. The minimum Gasteiger partial charge on any atom is -0.364 e. The molecule has 2 aromatic carbocycles. The summed E-state index contributed by atoms with van der Waals surface area (Å²) < 4.78 is 7.48. The van der Waals surface area contributed by atoms with Crippen molar-refractivity contribution < 1.29 is 9.53 Å². The van der Waals surface area contributed by atoms with E-state index in [-0.39, 0.29) is 12.5 Å². The van der Waals surface area contributed by atoms with Gasteiger partial charge >= 0.3 is 0 Å². The van der Waals surface area contributed by atoms with Gasteiger partial charge in [-0.1, -0.05) is 34.1 Å². The lowest BCUT2D eigenvalue weighted by atomic mass is 10.3. The molecule has 0 bridgehead atoms. The molecule has 1 amide bonds. The van der Waals surface area contributed by atoms with Gasteiger partial charge in [-0.15, -0.1) is 11.3 Å². The number of carbonyl (C=O) groups excluding carboxylic acids is 1. The maximum Gasteiger partial charge on any atom is 0.250 e. The fraction of sp³-hybridized carbons (Fsp3) is 0.125. The first-order valence-corrected chi connectivity index (χ1v) is 8.29. The minimum absolute atomic E-state index is 0.00242. The lowest BCUT2D eigenvalue weighted by Gasteiger charge is -2.05. The van der Waals surface area contributed by atoms with Gasteiger partial charge in [-0.2, -0.15) is 0 Å². The first-order chi connectivity index (χ1) is 10.7. The second-order valence-electron chi connectivity index (χ2n) is 4.63. The topological polar surface area (TPSA) is 51.2 Å². The lowest BCUT2D eigenvalue weighted by molar-refractivity contribution is -0.121. The minimum atomic E-state index is -0.181. The van der Waals surface area contributed by atoms with Crippen LogP contribution in [0.4, 0.5) is 5.69 Å². The predicted octanol–water partition coefficient (Wildman–Crippen LogP) is 4.21. The van der Waals surface area contributed by atoms with Gasteiger partial charge in [-0.05, 0) is 30.3 Å². The number of halogens is 1. The lowest BCUT2D eigenvalue weighted by Crippen LogP contribution is -2.18. The summed E-state index contributed by atoms with van der Waals surface area (Å²) in [6.45, 7) is 0.341. The molecule has 1 N–H and O–H groups in total. The first-order valence-electron chi connectivity index (χ1n) is 6.68. The maximum atomic E-state index is 11.8. The highest BCUT2D eigenvalue weighted by molar-refractivity contribution is 9.10. The normalized spacial score (nSPS) is 10.8. The average Bonchev–Trinajstić information content (AvgIpc) is 2.90. The zero-order chi connectivity index (χ0) is 15.4. The van der Waals surface area contributed by atoms with Gasteiger partial charge in [0.1, 0.15) is 11.6 Å². The number of aromatic nitrogens is 1. The summed E-state index contributed by atoms with van der Waals surface area (Å²) in [5.41, 5.74) is 1.70. The SMILES string of the molecule is O=C(COCc1nc2ccccc2s1)Nc1cccc(Br)c1. The highest BCUT2D eigenvalue weighted by Crippen LogP contribution is 2.22.